The van der Waals surface area contributed by atoms with Gasteiger partial charge in [-0.15, -0.1) is 0 Å². The SMILES string of the molecule is Cc1ccc(S(=O)(=O)n2nc(-c3ccc(Cl)cc3)c(-c3ccncn3)c2C2CCN(C(=O)OC(C)(C)C)CC2)cc1. The number of aromatic nitrogens is 4. The standard InChI is InChI=1S/C30H32ClN5O4S/c1-20-5-11-24(12-6-20)41(38,39)36-28(22-14-17-35(18-15-22)29(37)40-30(2,3)4)26(25-13-16-32-19-33-25)27(34-36)21-7-9-23(31)10-8-21/h5-13,16,19,22H,14-15,17-18H2,1-4H3. The molecule has 2 aromatic heterocycles. The van der Waals surface area contributed by atoms with Gasteiger partial charge in [0.2, 0.25) is 0 Å². The fourth-order valence-electron chi connectivity index (χ4n) is 4.93. The van der Waals surface area contributed by atoms with Gasteiger partial charge in [-0.1, -0.05) is 41.4 Å². The number of amides is 1. The zero-order valence-corrected chi connectivity index (χ0v) is 25.0. The molecular weight excluding hydrogens is 562 g/mol. The van der Waals surface area contributed by atoms with Crippen LogP contribution in [0.5, 0.6) is 0 Å². The van der Waals surface area contributed by atoms with Gasteiger partial charge in [-0.25, -0.2) is 14.8 Å². The van der Waals surface area contributed by atoms with Gasteiger partial charge in [-0.2, -0.15) is 17.6 Å². The number of benzene rings is 2. The average Bonchev–Trinajstić information content (AvgIpc) is 3.35. The molecule has 9 nitrogen and oxygen atoms in total. The van der Waals surface area contributed by atoms with Gasteiger partial charge in [-0.3, -0.25) is 0 Å². The second-order valence-corrected chi connectivity index (χ2v) is 13.3. The van der Waals surface area contributed by atoms with Crippen molar-refractivity contribution in [2.75, 3.05) is 13.1 Å². The van der Waals surface area contributed by atoms with Gasteiger partial charge in [0.1, 0.15) is 17.6 Å². The number of rotatable bonds is 5. The maximum Gasteiger partial charge on any atom is 0.410 e. The highest BCUT2D eigenvalue weighted by Crippen LogP contribution is 2.42. The van der Waals surface area contributed by atoms with E-state index >= 15 is 0 Å². The fraction of sp³-hybridized carbons (Fsp3) is 0.333. The first kappa shape index (κ1) is 28.8. The van der Waals surface area contributed by atoms with Crippen LogP contribution in [-0.2, 0) is 14.8 Å². The molecule has 0 aliphatic carbocycles. The lowest BCUT2D eigenvalue weighted by Crippen LogP contribution is -2.41. The lowest BCUT2D eigenvalue weighted by molar-refractivity contribution is 0.0204. The van der Waals surface area contributed by atoms with Crippen LogP contribution in [0.15, 0.2) is 72.0 Å². The molecule has 1 fully saturated rings. The minimum atomic E-state index is -4.08. The second kappa shape index (κ2) is 11.3. The molecule has 0 bridgehead atoms. The van der Waals surface area contributed by atoms with Crippen LogP contribution in [0.2, 0.25) is 5.02 Å². The second-order valence-electron chi connectivity index (χ2n) is 11.1. The van der Waals surface area contributed by atoms with Crippen molar-refractivity contribution in [3.63, 3.8) is 0 Å². The lowest BCUT2D eigenvalue weighted by Gasteiger charge is -2.33. The normalized spacial score (nSPS) is 14.7. The zero-order chi connectivity index (χ0) is 29.4. The van der Waals surface area contributed by atoms with E-state index in [0.717, 1.165) is 9.65 Å². The number of carbonyl (C=O) groups excluding carboxylic acids is 1. The quantitative estimate of drug-likeness (QED) is 0.266. The van der Waals surface area contributed by atoms with Crippen molar-refractivity contribution in [3.05, 3.63) is 83.4 Å². The summed E-state index contributed by atoms with van der Waals surface area (Å²) in [5, 5.41) is 5.31. The summed E-state index contributed by atoms with van der Waals surface area (Å²) in [6.45, 7) is 8.22. The number of ether oxygens (including phenoxy) is 1. The largest absolute Gasteiger partial charge is 0.444 e. The Hall–Kier alpha value is -3.76. The Morgan fingerprint density at radius 1 is 1.00 bits per heavy atom. The molecule has 1 amide bonds. The van der Waals surface area contributed by atoms with Gasteiger partial charge in [0, 0.05) is 35.8 Å². The smallest absolute Gasteiger partial charge is 0.410 e. The molecular formula is C30H32ClN5O4S. The van der Waals surface area contributed by atoms with Gasteiger partial charge in [0.25, 0.3) is 10.0 Å². The molecule has 11 heteroatoms. The number of likely N-dealkylation sites (tertiary alicyclic amines) is 1. The van der Waals surface area contributed by atoms with Crippen molar-refractivity contribution < 1.29 is 17.9 Å². The summed E-state index contributed by atoms with van der Waals surface area (Å²) in [4.78, 5) is 23.1. The van der Waals surface area contributed by atoms with E-state index < -0.39 is 15.6 Å². The monoisotopic (exact) mass is 593 g/mol. The third-order valence-corrected chi connectivity index (χ3v) is 8.78. The molecule has 5 rings (SSSR count). The number of carbonyl (C=O) groups is 1. The van der Waals surface area contributed by atoms with E-state index in [1.807, 2.05) is 39.8 Å². The van der Waals surface area contributed by atoms with E-state index in [1.165, 1.54) is 6.33 Å². The first-order chi connectivity index (χ1) is 19.4. The van der Waals surface area contributed by atoms with E-state index in [1.54, 1.807) is 53.6 Å². The van der Waals surface area contributed by atoms with Gasteiger partial charge < -0.3 is 9.64 Å². The molecule has 2 aromatic carbocycles. The maximum absolute atomic E-state index is 14.2. The van der Waals surface area contributed by atoms with Gasteiger partial charge in [0.05, 0.1) is 21.8 Å². The van der Waals surface area contributed by atoms with E-state index in [-0.39, 0.29) is 16.9 Å². The first-order valence-corrected chi connectivity index (χ1v) is 15.2. The number of aryl methyl sites for hydroxylation is 1. The van der Waals surface area contributed by atoms with Gasteiger partial charge in [0.15, 0.2) is 0 Å². The van der Waals surface area contributed by atoms with Crippen LogP contribution >= 0.6 is 11.6 Å². The fourth-order valence-corrected chi connectivity index (χ4v) is 6.42. The number of piperidine rings is 1. The maximum atomic E-state index is 14.2. The molecule has 41 heavy (non-hydrogen) atoms. The van der Waals surface area contributed by atoms with Crippen molar-refractivity contribution in [3.8, 4) is 22.5 Å². The molecule has 0 spiro atoms. The Kier molecular flexibility index (Phi) is 7.89. The highest BCUT2D eigenvalue weighted by atomic mass is 35.5. The predicted octanol–water partition coefficient (Wildman–Crippen LogP) is 6.32. The average molecular weight is 594 g/mol. The number of halogens is 1. The van der Waals surface area contributed by atoms with E-state index in [4.69, 9.17) is 21.4 Å². The number of nitrogens with zero attached hydrogens (tertiary/aromatic N) is 5. The summed E-state index contributed by atoms with van der Waals surface area (Å²) < 4.78 is 35.1. The Bertz CT molecular complexity index is 1640. The zero-order valence-electron chi connectivity index (χ0n) is 23.4. The van der Waals surface area contributed by atoms with Crippen LogP contribution in [0.3, 0.4) is 0 Å². The summed E-state index contributed by atoms with van der Waals surface area (Å²) in [5.74, 6) is -0.229. The van der Waals surface area contributed by atoms with Crippen molar-refractivity contribution >= 4 is 27.7 Å². The van der Waals surface area contributed by atoms with E-state index in [0.29, 0.717) is 59.2 Å². The molecule has 0 N–H and O–H groups in total. The lowest BCUT2D eigenvalue weighted by atomic mass is 9.89. The number of hydrogen-bond donors (Lipinski definition) is 0. The van der Waals surface area contributed by atoms with E-state index in [9.17, 15) is 13.2 Å². The third-order valence-electron chi connectivity index (χ3n) is 6.93. The third kappa shape index (κ3) is 6.13. The number of hydrogen-bond acceptors (Lipinski definition) is 7. The van der Waals surface area contributed by atoms with Crippen molar-refractivity contribution in [1.29, 1.82) is 0 Å². The van der Waals surface area contributed by atoms with Crippen LogP contribution in [-0.4, -0.2) is 57.3 Å². The summed E-state index contributed by atoms with van der Waals surface area (Å²) in [7, 11) is -4.08. The highest BCUT2D eigenvalue weighted by Gasteiger charge is 2.36. The summed E-state index contributed by atoms with van der Waals surface area (Å²) >= 11 is 6.17. The minimum absolute atomic E-state index is 0.134. The molecule has 3 heterocycles. The molecule has 1 aliphatic heterocycles. The Morgan fingerprint density at radius 3 is 2.24 bits per heavy atom. The molecule has 1 saturated heterocycles. The predicted molar refractivity (Wildman–Crippen MR) is 157 cm³/mol. The van der Waals surface area contributed by atoms with Crippen LogP contribution in [0.4, 0.5) is 4.79 Å². The van der Waals surface area contributed by atoms with Crippen LogP contribution in [0, 0.1) is 6.92 Å². The first-order valence-electron chi connectivity index (χ1n) is 13.4. The summed E-state index contributed by atoms with van der Waals surface area (Å²) in [6.07, 6.45) is 3.71. The Labute approximate surface area is 245 Å². The van der Waals surface area contributed by atoms with Crippen molar-refractivity contribution in [2.45, 2.75) is 57.0 Å². The van der Waals surface area contributed by atoms with E-state index in [2.05, 4.69) is 9.97 Å². The highest BCUT2D eigenvalue weighted by molar-refractivity contribution is 7.89. The summed E-state index contributed by atoms with van der Waals surface area (Å²) in [5.41, 5.74) is 3.21. The molecule has 0 radical (unpaired) electrons. The van der Waals surface area contributed by atoms with Gasteiger partial charge >= 0.3 is 6.09 Å². The summed E-state index contributed by atoms with van der Waals surface area (Å²) in [6, 6.07) is 15.6. The molecule has 4 aromatic rings. The van der Waals surface area contributed by atoms with Crippen molar-refractivity contribution in [1.82, 2.24) is 24.1 Å². The molecule has 1 aliphatic rings. The van der Waals surface area contributed by atoms with Gasteiger partial charge in [-0.05, 0) is 70.9 Å². The minimum Gasteiger partial charge on any atom is -0.444 e. The van der Waals surface area contributed by atoms with Crippen LogP contribution in [0.1, 0.15) is 50.8 Å². The van der Waals surface area contributed by atoms with Crippen LogP contribution < -0.4 is 0 Å². The Balaban J connectivity index is 1.67. The van der Waals surface area contributed by atoms with Crippen LogP contribution in [0.25, 0.3) is 22.5 Å². The molecule has 0 saturated carbocycles. The molecule has 214 valence electrons. The Morgan fingerprint density at radius 2 is 1.66 bits per heavy atom. The molecule has 0 unspecified atom stereocenters. The topological polar surface area (TPSA) is 107 Å². The molecule has 0 atom stereocenters. The van der Waals surface area contributed by atoms with Crippen molar-refractivity contribution in [2.24, 2.45) is 0 Å².